The minimum atomic E-state index is -3.44. The van der Waals surface area contributed by atoms with Gasteiger partial charge in [0.25, 0.3) is 0 Å². The van der Waals surface area contributed by atoms with E-state index in [1.54, 1.807) is 31.4 Å². The van der Waals surface area contributed by atoms with E-state index in [0.29, 0.717) is 17.9 Å². The molecular weight excluding hydrogens is 316 g/mol. The Hall–Kier alpha value is -1.60. The quantitative estimate of drug-likeness (QED) is 0.792. The molecule has 1 aromatic rings. The summed E-state index contributed by atoms with van der Waals surface area (Å²) in [6, 6.07) is 6.35. The van der Waals surface area contributed by atoms with Crippen LogP contribution >= 0.6 is 0 Å². The molecule has 1 atom stereocenters. The summed E-state index contributed by atoms with van der Waals surface area (Å²) in [4.78, 5) is 12.1. The second-order valence-corrected chi connectivity index (χ2v) is 8.54. The van der Waals surface area contributed by atoms with Gasteiger partial charge in [-0.25, -0.2) is 13.1 Å². The lowest BCUT2D eigenvalue weighted by molar-refractivity contribution is -0.121. The Balaban J connectivity index is 2.85. The summed E-state index contributed by atoms with van der Waals surface area (Å²) in [5.74, 6) is 0.473. The number of carbonyl (C=O) groups is 1. The maximum absolute atomic E-state index is 12.1. The lowest BCUT2D eigenvalue weighted by Gasteiger charge is -2.21. The Morgan fingerprint density at radius 3 is 2.22 bits per heavy atom. The van der Waals surface area contributed by atoms with E-state index in [1.807, 2.05) is 20.8 Å². The maximum atomic E-state index is 12.1. The van der Waals surface area contributed by atoms with E-state index in [9.17, 15) is 13.2 Å². The maximum Gasteiger partial charge on any atom is 0.221 e. The number of benzene rings is 1. The van der Waals surface area contributed by atoms with Gasteiger partial charge in [-0.15, -0.1) is 0 Å². The van der Waals surface area contributed by atoms with Crippen LogP contribution in [-0.2, 0) is 14.8 Å². The molecule has 0 aliphatic rings. The van der Waals surface area contributed by atoms with Crippen LogP contribution in [0, 0.1) is 5.41 Å². The highest BCUT2D eigenvalue weighted by atomic mass is 32.2. The molecule has 2 N–H and O–H groups in total. The van der Waals surface area contributed by atoms with Crippen LogP contribution in [0.4, 0.5) is 0 Å². The van der Waals surface area contributed by atoms with Crippen LogP contribution in [0.2, 0.25) is 0 Å². The van der Waals surface area contributed by atoms with E-state index in [2.05, 4.69) is 10.0 Å². The third kappa shape index (κ3) is 7.99. The second-order valence-electron chi connectivity index (χ2n) is 6.76. The Morgan fingerprint density at radius 2 is 1.78 bits per heavy atom. The van der Waals surface area contributed by atoms with Crippen LogP contribution in [0.1, 0.15) is 38.8 Å². The summed E-state index contributed by atoms with van der Waals surface area (Å²) in [6.07, 6.45) is 1.12. The van der Waals surface area contributed by atoms with Crippen molar-refractivity contribution in [1.82, 2.24) is 10.0 Å². The van der Waals surface area contributed by atoms with Crippen molar-refractivity contribution in [1.29, 1.82) is 0 Å². The average Bonchev–Trinajstić information content (AvgIpc) is 2.42. The summed E-state index contributed by atoms with van der Waals surface area (Å²) < 4.78 is 30.7. The Labute approximate surface area is 138 Å². The molecule has 0 unspecified atom stereocenters. The molecule has 0 spiro atoms. The third-order valence-electron chi connectivity index (χ3n) is 3.08. The molecule has 1 rings (SSSR count). The lowest BCUT2D eigenvalue weighted by Crippen LogP contribution is -2.36. The molecule has 0 saturated heterocycles. The van der Waals surface area contributed by atoms with Crippen LogP contribution < -0.4 is 14.8 Å². The lowest BCUT2D eigenvalue weighted by atomic mass is 9.96. The number of amides is 1. The Morgan fingerprint density at radius 1 is 1.22 bits per heavy atom. The predicted octanol–water partition coefficient (Wildman–Crippen LogP) is 1.84. The largest absolute Gasteiger partial charge is 0.497 e. The van der Waals surface area contributed by atoms with E-state index in [0.717, 1.165) is 6.26 Å². The van der Waals surface area contributed by atoms with Crippen molar-refractivity contribution in [3.05, 3.63) is 29.8 Å². The number of methoxy groups -OCH3 is 1. The number of sulfonamides is 1. The molecule has 1 amide bonds. The SMILES string of the molecule is COc1ccc([C@H](CC(=O)NCC(C)(C)C)NS(C)(=O)=O)cc1. The first-order valence-electron chi connectivity index (χ1n) is 7.38. The molecule has 7 heteroatoms. The molecule has 0 bridgehead atoms. The number of rotatable bonds is 7. The van der Waals surface area contributed by atoms with Gasteiger partial charge in [-0.2, -0.15) is 0 Å². The molecule has 0 aliphatic heterocycles. The van der Waals surface area contributed by atoms with Crippen molar-refractivity contribution in [2.45, 2.75) is 33.2 Å². The first-order valence-corrected chi connectivity index (χ1v) is 9.27. The topological polar surface area (TPSA) is 84.5 Å². The number of hydrogen-bond donors (Lipinski definition) is 2. The van der Waals surface area contributed by atoms with Crippen LogP contribution in [0.25, 0.3) is 0 Å². The molecular formula is C16H26N2O4S. The van der Waals surface area contributed by atoms with Crippen molar-refractivity contribution < 1.29 is 17.9 Å². The summed E-state index contributed by atoms with van der Waals surface area (Å²) in [7, 11) is -1.88. The number of carbonyl (C=O) groups excluding carboxylic acids is 1. The molecule has 23 heavy (non-hydrogen) atoms. The van der Waals surface area contributed by atoms with Gasteiger partial charge < -0.3 is 10.1 Å². The van der Waals surface area contributed by atoms with Gasteiger partial charge in [0.05, 0.1) is 19.4 Å². The first-order chi connectivity index (χ1) is 10.5. The summed E-state index contributed by atoms with van der Waals surface area (Å²) in [5.41, 5.74) is 0.678. The van der Waals surface area contributed by atoms with Crippen LogP contribution in [0.5, 0.6) is 5.75 Å². The van der Waals surface area contributed by atoms with Crippen molar-refractivity contribution in [2.75, 3.05) is 19.9 Å². The smallest absolute Gasteiger partial charge is 0.221 e. The predicted molar refractivity (Wildman–Crippen MR) is 90.8 cm³/mol. The van der Waals surface area contributed by atoms with Gasteiger partial charge in [-0.05, 0) is 23.1 Å². The first kappa shape index (κ1) is 19.4. The summed E-state index contributed by atoms with van der Waals surface area (Å²) >= 11 is 0. The van der Waals surface area contributed by atoms with E-state index in [1.165, 1.54) is 0 Å². The molecule has 0 saturated carbocycles. The van der Waals surface area contributed by atoms with Gasteiger partial charge >= 0.3 is 0 Å². The van der Waals surface area contributed by atoms with Gasteiger partial charge in [-0.3, -0.25) is 4.79 Å². The number of ether oxygens (including phenoxy) is 1. The third-order valence-corrected chi connectivity index (χ3v) is 3.79. The Bertz CT molecular complexity index is 618. The van der Waals surface area contributed by atoms with Crippen molar-refractivity contribution in [3.63, 3.8) is 0 Å². The van der Waals surface area contributed by atoms with Gasteiger partial charge in [-0.1, -0.05) is 32.9 Å². The van der Waals surface area contributed by atoms with Crippen LogP contribution in [-0.4, -0.2) is 34.2 Å². The van der Waals surface area contributed by atoms with Gasteiger partial charge in [0.2, 0.25) is 15.9 Å². The zero-order valence-corrected chi connectivity index (χ0v) is 15.2. The standard InChI is InChI=1S/C16H26N2O4S/c1-16(2,3)11-17-15(19)10-14(18-23(5,20)21)12-6-8-13(22-4)9-7-12/h6-9,14,18H,10-11H2,1-5H3,(H,17,19)/t14-/m0/s1. The molecule has 0 heterocycles. The van der Waals surface area contributed by atoms with E-state index in [-0.39, 0.29) is 17.7 Å². The number of hydrogen-bond acceptors (Lipinski definition) is 4. The van der Waals surface area contributed by atoms with Crippen molar-refractivity contribution in [3.8, 4) is 5.75 Å². The van der Waals surface area contributed by atoms with E-state index < -0.39 is 16.1 Å². The van der Waals surface area contributed by atoms with Gasteiger partial charge in [0.15, 0.2) is 0 Å². The molecule has 0 aromatic heterocycles. The zero-order valence-electron chi connectivity index (χ0n) is 14.3. The fourth-order valence-electron chi connectivity index (χ4n) is 1.94. The molecule has 0 aliphatic carbocycles. The fourth-order valence-corrected chi connectivity index (χ4v) is 2.68. The minimum absolute atomic E-state index is 0.0322. The van der Waals surface area contributed by atoms with E-state index in [4.69, 9.17) is 4.74 Å². The molecule has 0 radical (unpaired) electrons. The monoisotopic (exact) mass is 342 g/mol. The van der Waals surface area contributed by atoms with E-state index >= 15 is 0 Å². The fraction of sp³-hybridized carbons (Fsp3) is 0.562. The normalized spacial score (nSPS) is 13.4. The highest BCUT2D eigenvalue weighted by molar-refractivity contribution is 7.88. The molecule has 1 aromatic carbocycles. The average molecular weight is 342 g/mol. The Kier molecular flexibility index (Phi) is 6.58. The summed E-state index contributed by atoms with van der Waals surface area (Å²) in [6.45, 7) is 6.58. The van der Waals surface area contributed by atoms with Crippen LogP contribution in [0.15, 0.2) is 24.3 Å². The highest BCUT2D eigenvalue weighted by Gasteiger charge is 2.21. The minimum Gasteiger partial charge on any atom is -0.497 e. The zero-order chi connectivity index (χ0) is 17.7. The van der Waals surface area contributed by atoms with Crippen molar-refractivity contribution in [2.24, 2.45) is 5.41 Å². The molecule has 6 nitrogen and oxygen atoms in total. The molecule has 0 fully saturated rings. The second kappa shape index (κ2) is 7.79. The molecule has 130 valence electrons. The van der Waals surface area contributed by atoms with Crippen LogP contribution in [0.3, 0.4) is 0 Å². The van der Waals surface area contributed by atoms with Gasteiger partial charge in [0.1, 0.15) is 5.75 Å². The van der Waals surface area contributed by atoms with Crippen molar-refractivity contribution >= 4 is 15.9 Å². The highest BCUT2D eigenvalue weighted by Crippen LogP contribution is 2.21. The number of nitrogens with one attached hydrogen (secondary N) is 2. The van der Waals surface area contributed by atoms with Gasteiger partial charge in [0, 0.05) is 13.0 Å². The summed E-state index contributed by atoms with van der Waals surface area (Å²) in [5, 5.41) is 2.83.